The van der Waals surface area contributed by atoms with Crippen LogP contribution in [0.2, 0.25) is 0 Å². The summed E-state index contributed by atoms with van der Waals surface area (Å²) in [6.45, 7) is 4.13. The largest absolute Gasteiger partial charge is 0.307 e. The number of benzene rings is 1. The van der Waals surface area contributed by atoms with Crippen molar-refractivity contribution in [3.8, 4) is 6.07 Å². The average molecular weight is 267 g/mol. The quantitative estimate of drug-likeness (QED) is 0.907. The lowest BCUT2D eigenvalue weighted by Crippen LogP contribution is -2.28. The van der Waals surface area contributed by atoms with Gasteiger partial charge >= 0.3 is 0 Å². The van der Waals surface area contributed by atoms with E-state index < -0.39 is 0 Å². The monoisotopic (exact) mass is 266 g/mol. The van der Waals surface area contributed by atoms with Crippen molar-refractivity contribution in [2.45, 2.75) is 32.4 Å². The molecule has 0 saturated carbocycles. The molecule has 1 N–H and O–H groups in total. The smallest absolute Gasteiger partial charge is 0.0638 e. The van der Waals surface area contributed by atoms with Gasteiger partial charge in [0.05, 0.1) is 12.5 Å². The molecule has 0 aliphatic rings. The molecular formula is C12H15BrN2. The van der Waals surface area contributed by atoms with Gasteiger partial charge in [0, 0.05) is 16.6 Å². The van der Waals surface area contributed by atoms with Crippen LogP contribution in [0.5, 0.6) is 0 Å². The molecule has 0 heterocycles. The molecule has 1 unspecified atom stereocenters. The second kappa shape index (κ2) is 5.89. The highest BCUT2D eigenvalue weighted by molar-refractivity contribution is 9.10. The summed E-state index contributed by atoms with van der Waals surface area (Å²) < 4.78 is 1.08. The van der Waals surface area contributed by atoms with E-state index in [2.05, 4.69) is 46.4 Å². The van der Waals surface area contributed by atoms with E-state index in [1.165, 1.54) is 5.56 Å². The molecule has 1 rings (SSSR count). The first-order chi connectivity index (χ1) is 7.13. The average Bonchev–Trinajstić information content (AvgIpc) is 2.18. The molecule has 0 saturated heterocycles. The zero-order chi connectivity index (χ0) is 11.3. The summed E-state index contributed by atoms with van der Waals surface area (Å²) in [6, 6.07) is 10.9. The maximum absolute atomic E-state index is 8.57. The molecule has 0 amide bonds. The van der Waals surface area contributed by atoms with E-state index in [1.807, 2.05) is 19.1 Å². The van der Waals surface area contributed by atoms with Crippen LogP contribution in [0.1, 0.15) is 31.9 Å². The van der Waals surface area contributed by atoms with Crippen molar-refractivity contribution in [3.63, 3.8) is 0 Å². The summed E-state index contributed by atoms with van der Waals surface area (Å²) in [5, 5.41) is 11.9. The fraction of sp³-hybridized carbons (Fsp3) is 0.417. The lowest BCUT2D eigenvalue weighted by molar-refractivity contribution is 0.485. The van der Waals surface area contributed by atoms with E-state index >= 15 is 0 Å². The number of nitrogens with zero attached hydrogens (tertiary/aromatic N) is 1. The number of hydrogen-bond acceptors (Lipinski definition) is 2. The Kier molecular flexibility index (Phi) is 4.80. The number of nitrogens with one attached hydrogen (secondary N) is 1. The van der Waals surface area contributed by atoms with Gasteiger partial charge in [0.2, 0.25) is 0 Å². The van der Waals surface area contributed by atoms with Crippen LogP contribution >= 0.6 is 15.9 Å². The van der Waals surface area contributed by atoms with Crippen molar-refractivity contribution < 1.29 is 0 Å². The molecular weight excluding hydrogens is 252 g/mol. The Morgan fingerprint density at radius 3 is 2.80 bits per heavy atom. The van der Waals surface area contributed by atoms with Crippen LogP contribution in [0.4, 0.5) is 0 Å². The number of rotatable bonds is 4. The lowest BCUT2D eigenvalue weighted by Gasteiger charge is -2.18. The van der Waals surface area contributed by atoms with Crippen LogP contribution in [0.3, 0.4) is 0 Å². The molecule has 15 heavy (non-hydrogen) atoms. The first-order valence-corrected chi connectivity index (χ1v) is 5.81. The molecule has 0 radical (unpaired) electrons. The molecule has 2 atom stereocenters. The minimum absolute atomic E-state index is 0.226. The maximum Gasteiger partial charge on any atom is 0.0638 e. The fourth-order valence-electron chi connectivity index (χ4n) is 1.49. The summed E-state index contributed by atoms with van der Waals surface area (Å²) in [4.78, 5) is 0. The molecule has 0 aliphatic heterocycles. The Hall–Kier alpha value is -0.850. The normalized spacial score (nSPS) is 14.3. The van der Waals surface area contributed by atoms with Crippen molar-refractivity contribution in [2.75, 3.05) is 0 Å². The van der Waals surface area contributed by atoms with E-state index in [0.29, 0.717) is 6.42 Å². The molecule has 80 valence electrons. The van der Waals surface area contributed by atoms with E-state index in [1.54, 1.807) is 0 Å². The van der Waals surface area contributed by atoms with E-state index in [4.69, 9.17) is 5.26 Å². The third kappa shape index (κ3) is 4.03. The molecule has 2 nitrogen and oxygen atoms in total. The van der Waals surface area contributed by atoms with Crippen LogP contribution in [-0.4, -0.2) is 6.04 Å². The second-order valence-corrected chi connectivity index (χ2v) is 4.62. The molecule has 0 spiro atoms. The van der Waals surface area contributed by atoms with Gasteiger partial charge in [-0.15, -0.1) is 0 Å². The highest BCUT2D eigenvalue weighted by Crippen LogP contribution is 2.18. The topological polar surface area (TPSA) is 35.8 Å². The standard InChI is InChI=1S/C12H15BrN2/c1-9(6-7-14)15-10(2)11-4-3-5-12(13)8-11/h3-5,8-10,15H,6H2,1-2H3/t9?,10-/m0/s1. The van der Waals surface area contributed by atoms with Crippen LogP contribution in [0.25, 0.3) is 0 Å². The molecule has 0 fully saturated rings. The summed E-state index contributed by atoms with van der Waals surface area (Å²) in [7, 11) is 0. The molecule has 3 heteroatoms. The van der Waals surface area contributed by atoms with E-state index in [9.17, 15) is 0 Å². The first-order valence-electron chi connectivity index (χ1n) is 5.02. The fourth-order valence-corrected chi connectivity index (χ4v) is 1.91. The van der Waals surface area contributed by atoms with Gasteiger partial charge in [0.1, 0.15) is 0 Å². The van der Waals surface area contributed by atoms with Crippen LogP contribution in [-0.2, 0) is 0 Å². The Balaban J connectivity index is 2.61. The van der Waals surface area contributed by atoms with Gasteiger partial charge in [-0.25, -0.2) is 0 Å². The Morgan fingerprint density at radius 1 is 1.47 bits per heavy atom. The van der Waals surface area contributed by atoms with Gasteiger partial charge in [-0.2, -0.15) is 5.26 Å². The third-order valence-electron chi connectivity index (χ3n) is 2.28. The van der Waals surface area contributed by atoms with Crippen LogP contribution < -0.4 is 5.32 Å². The zero-order valence-corrected chi connectivity index (χ0v) is 10.6. The highest BCUT2D eigenvalue weighted by Gasteiger charge is 2.08. The summed E-state index contributed by atoms with van der Waals surface area (Å²) in [6.07, 6.45) is 0.540. The van der Waals surface area contributed by atoms with Gasteiger partial charge in [-0.3, -0.25) is 0 Å². The van der Waals surface area contributed by atoms with Crippen molar-refractivity contribution in [1.29, 1.82) is 5.26 Å². The van der Waals surface area contributed by atoms with Crippen LogP contribution in [0, 0.1) is 11.3 Å². The molecule has 1 aromatic rings. The highest BCUT2D eigenvalue weighted by atomic mass is 79.9. The van der Waals surface area contributed by atoms with Crippen molar-refractivity contribution in [1.82, 2.24) is 5.32 Å². The Morgan fingerprint density at radius 2 is 2.20 bits per heavy atom. The lowest BCUT2D eigenvalue weighted by atomic mass is 10.1. The number of hydrogen-bond donors (Lipinski definition) is 1. The Labute approximate surface area is 99.4 Å². The van der Waals surface area contributed by atoms with Crippen LogP contribution in [0.15, 0.2) is 28.7 Å². The van der Waals surface area contributed by atoms with Gasteiger partial charge in [-0.1, -0.05) is 28.1 Å². The number of nitriles is 1. The summed E-state index contributed by atoms with van der Waals surface area (Å²) in [5.74, 6) is 0. The summed E-state index contributed by atoms with van der Waals surface area (Å²) >= 11 is 3.45. The van der Waals surface area contributed by atoms with E-state index in [0.717, 1.165) is 4.47 Å². The van der Waals surface area contributed by atoms with Gasteiger partial charge in [0.15, 0.2) is 0 Å². The van der Waals surface area contributed by atoms with E-state index in [-0.39, 0.29) is 12.1 Å². The second-order valence-electron chi connectivity index (χ2n) is 3.71. The SMILES string of the molecule is CC(CC#N)N[C@@H](C)c1cccc(Br)c1. The third-order valence-corrected chi connectivity index (χ3v) is 2.77. The van der Waals surface area contributed by atoms with Gasteiger partial charge < -0.3 is 5.32 Å². The van der Waals surface area contributed by atoms with Crippen molar-refractivity contribution in [3.05, 3.63) is 34.3 Å². The zero-order valence-electron chi connectivity index (χ0n) is 9.00. The first kappa shape index (κ1) is 12.2. The van der Waals surface area contributed by atoms with Gasteiger partial charge in [0.25, 0.3) is 0 Å². The Bertz CT molecular complexity index is 357. The maximum atomic E-state index is 8.57. The van der Waals surface area contributed by atoms with Gasteiger partial charge in [-0.05, 0) is 31.5 Å². The minimum atomic E-state index is 0.226. The van der Waals surface area contributed by atoms with Crippen molar-refractivity contribution >= 4 is 15.9 Å². The predicted octanol–water partition coefficient (Wildman–Crippen LogP) is 3.40. The number of halogens is 1. The predicted molar refractivity (Wildman–Crippen MR) is 65.4 cm³/mol. The molecule has 1 aromatic carbocycles. The molecule has 0 aromatic heterocycles. The molecule has 0 bridgehead atoms. The minimum Gasteiger partial charge on any atom is -0.307 e. The van der Waals surface area contributed by atoms with Crippen molar-refractivity contribution in [2.24, 2.45) is 0 Å². The molecule has 0 aliphatic carbocycles. The summed E-state index contributed by atoms with van der Waals surface area (Å²) in [5.41, 5.74) is 1.23.